The Morgan fingerprint density at radius 1 is 0.340 bits per heavy atom. The number of hydrogen-bond acceptors (Lipinski definition) is 1. The van der Waals surface area contributed by atoms with E-state index in [1.54, 1.807) is 0 Å². The highest BCUT2D eigenvalue weighted by Gasteiger charge is 2.16. The second kappa shape index (κ2) is 16.6. The van der Waals surface area contributed by atoms with Gasteiger partial charge in [-0.2, -0.15) is 0 Å². The summed E-state index contributed by atoms with van der Waals surface area (Å²) in [5.74, 6) is 0. The van der Waals surface area contributed by atoms with Crippen LogP contribution in [0.3, 0.4) is 0 Å². The Hall–Kier alpha value is -5.23. The molecule has 0 spiro atoms. The first-order valence-electron chi connectivity index (χ1n) is 18.9. The highest BCUT2D eigenvalue weighted by atomic mass is 28.3. The summed E-state index contributed by atoms with van der Waals surface area (Å²) >= 11 is 0. The van der Waals surface area contributed by atoms with E-state index >= 15 is 0 Å². The van der Waals surface area contributed by atoms with E-state index in [9.17, 15) is 0 Å². The molecule has 6 rings (SSSR count). The van der Waals surface area contributed by atoms with Gasteiger partial charge in [0.25, 0.3) is 0 Å². The molecule has 0 N–H and O–H groups in total. The fourth-order valence-corrected chi connectivity index (χ4v) is 8.61. The first kappa shape index (κ1) is 37.5. The molecule has 0 unspecified atom stereocenters. The summed E-state index contributed by atoms with van der Waals surface area (Å²) in [4.78, 5) is 2.34. The summed E-state index contributed by atoms with van der Waals surface area (Å²) < 4.78 is 0. The quantitative estimate of drug-likeness (QED) is 0.0897. The van der Waals surface area contributed by atoms with E-state index in [1.165, 1.54) is 49.3 Å². The summed E-state index contributed by atoms with van der Waals surface area (Å²) in [7, 11) is -2.61. The molecule has 0 atom stereocenters. The second-order valence-corrected chi connectivity index (χ2v) is 26.1. The van der Waals surface area contributed by atoms with Crippen LogP contribution in [0.2, 0.25) is 39.3 Å². The predicted octanol–water partition coefficient (Wildman–Crippen LogP) is 13.3. The van der Waals surface area contributed by atoms with E-state index in [0.717, 1.165) is 23.5 Å². The molecule has 0 aliphatic heterocycles. The average Bonchev–Trinajstić information content (AvgIpc) is 3.17. The molecule has 6 aromatic rings. The maximum atomic E-state index is 2.39. The topological polar surface area (TPSA) is 3.24 Å². The van der Waals surface area contributed by atoms with Crippen LogP contribution in [0.1, 0.15) is 45.9 Å². The maximum absolute atomic E-state index is 2.39. The fraction of sp³-hybridized carbons (Fsp3) is 0.160. The van der Waals surface area contributed by atoms with Gasteiger partial charge in [-0.05, 0) is 81.8 Å². The van der Waals surface area contributed by atoms with Crippen LogP contribution in [0.5, 0.6) is 0 Å². The third-order valence-corrected chi connectivity index (χ3v) is 13.9. The summed E-state index contributed by atoms with van der Waals surface area (Å²) in [6.45, 7) is 16.5. The summed E-state index contributed by atoms with van der Waals surface area (Å²) in [6, 6.07) is 53.5. The Balaban J connectivity index is 1.24. The highest BCUT2D eigenvalue weighted by molar-refractivity contribution is 6.89. The zero-order valence-corrected chi connectivity index (χ0v) is 34.5. The molecular weight excluding hydrogens is 671 g/mol. The molecule has 0 bridgehead atoms. The zero-order chi connectivity index (χ0) is 37.4. The van der Waals surface area contributed by atoms with Crippen LogP contribution in [-0.4, -0.2) is 16.1 Å². The number of benzene rings is 6. The van der Waals surface area contributed by atoms with Gasteiger partial charge in [0.1, 0.15) is 0 Å². The molecule has 0 amide bonds. The van der Waals surface area contributed by atoms with Gasteiger partial charge in [0.2, 0.25) is 0 Å². The molecule has 6 aromatic carbocycles. The number of hydrogen-bond donors (Lipinski definition) is 0. The van der Waals surface area contributed by atoms with E-state index in [4.69, 9.17) is 0 Å². The van der Waals surface area contributed by atoms with Crippen molar-refractivity contribution >= 4 is 80.0 Å². The van der Waals surface area contributed by atoms with Gasteiger partial charge < -0.3 is 4.90 Å². The molecule has 0 radical (unpaired) electrons. The molecule has 0 fully saturated rings. The van der Waals surface area contributed by atoms with Crippen molar-refractivity contribution in [2.45, 2.75) is 52.6 Å². The van der Waals surface area contributed by atoms with E-state index in [1.807, 2.05) is 0 Å². The molecule has 0 aliphatic rings. The Morgan fingerprint density at radius 2 is 0.566 bits per heavy atom. The van der Waals surface area contributed by atoms with Crippen molar-refractivity contribution in [3.8, 4) is 0 Å². The SMILES string of the molecule is CCc1ccc(C=Cc2ccc(N(c3ccc(C=Cc4ccc([Si](C)(C)C)cc4)cc3)c3ccc(C=Cc4ccc([Si](C)(C)C)cc4)cc3)cc2)cc1. The lowest BCUT2D eigenvalue weighted by atomic mass is 10.1. The van der Waals surface area contributed by atoms with Crippen LogP contribution in [0.15, 0.2) is 146 Å². The minimum atomic E-state index is -1.30. The molecular formula is C50H53NSi2. The van der Waals surface area contributed by atoms with Gasteiger partial charge in [-0.1, -0.05) is 202 Å². The Morgan fingerprint density at radius 3 is 0.792 bits per heavy atom. The van der Waals surface area contributed by atoms with Crippen molar-refractivity contribution in [1.82, 2.24) is 0 Å². The van der Waals surface area contributed by atoms with E-state index in [0.29, 0.717) is 0 Å². The number of nitrogens with zero attached hydrogens (tertiary/aromatic N) is 1. The smallest absolute Gasteiger partial charge is 0.0775 e. The lowest BCUT2D eigenvalue weighted by Crippen LogP contribution is -2.37. The number of anilines is 3. The van der Waals surface area contributed by atoms with Gasteiger partial charge in [0, 0.05) is 17.1 Å². The van der Waals surface area contributed by atoms with Crippen molar-refractivity contribution in [3.05, 3.63) is 185 Å². The Bertz CT molecular complexity index is 2050. The number of aryl methyl sites for hydroxylation is 1. The lowest BCUT2D eigenvalue weighted by Gasteiger charge is -2.26. The predicted molar refractivity (Wildman–Crippen MR) is 243 cm³/mol. The molecule has 3 heteroatoms. The maximum Gasteiger partial charge on any atom is 0.0775 e. The van der Waals surface area contributed by atoms with Crippen LogP contribution in [0, 0.1) is 0 Å². The average molecular weight is 724 g/mol. The molecule has 266 valence electrons. The molecule has 0 aliphatic carbocycles. The standard InChI is InChI=1S/C50H53NSi2/c1-8-39-9-11-40(12-10-39)13-14-41-19-29-46(30-20-41)51(47-31-21-42(22-32-47)15-17-44-25-35-49(36-26-44)52(2,3)4)48-33-23-43(24-34-48)16-18-45-27-37-50(38-28-45)53(5,6)7/h9-38H,8H2,1-7H3. The highest BCUT2D eigenvalue weighted by Crippen LogP contribution is 2.35. The van der Waals surface area contributed by atoms with Crippen molar-refractivity contribution in [1.29, 1.82) is 0 Å². The zero-order valence-electron chi connectivity index (χ0n) is 32.5. The third kappa shape index (κ3) is 10.2. The molecule has 0 heterocycles. The normalized spacial score (nSPS) is 12.3. The van der Waals surface area contributed by atoms with Crippen molar-refractivity contribution < 1.29 is 0 Å². The monoisotopic (exact) mass is 723 g/mol. The van der Waals surface area contributed by atoms with Crippen molar-refractivity contribution in [3.63, 3.8) is 0 Å². The van der Waals surface area contributed by atoms with Gasteiger partial charge >= 0.3 is 0 Å². The van der Waals surface area contributed by atoms with Gasteiger partial charge in [-0.3, -0.25) is 0 Å². The van der Waals surface area contributed by atoms with Crippen LogP contribution in [-0.2, 0) is 6.42 Å². The van der Waals surface area contributed by atoms with Crippen molar-refractivity contribution in [2.24, 2.45) is 0 Å². The minimum absolute atomic E-state index is 1.06. The molecule has 1 nitrogen and oxygen atoms in total. The van der Waals surface area contributed by atoms with E-state index in [2.05, 4.69) is 233 Å². The Kier molecular flexibility index (Phi) is 11.8. The molecule has 53 heavy (non-hydrogen) atoms. The molecule has 0 aromatic heterocycles. The van der Waals surface area contributed by atoms with Gasteiger partial charge in [-0.25, -0.2) is 0 Å². The van der Waals surface area contributed by atoms with E-state index in [-0.39, 0.29) is 0 Å². The number of rotatable bonds is 12. The van der Waals surface area contributed by atoms with Crippen LogP contribution in [0.25, 0.3) is 36.5 Å². The Labute approximate surface area is 320 Å². The summed E-state index contributed by atoms with van der Waals surface area (Å²) in [6.07, 6.45) is 14.3. The minimum Gasteiger partial charge on any atom is -0.311 e. The first-order valence-corrected chi connectivity index (χ1v) is 25.9. The van der Waals surface area contributed by atoms with Gasteiger partial charge in [0.15, 0.2) is 0 Å². The van der Waals surface area contributed by atoms with Crippen molar-refractivity contribution in [2.75, 3.05) is 4.90 Å². The van der Waals surface area contributed by atoms with E-state index < -0.39 is 16.1 Å². The molecule has 0 saturated heterocycles. The largest absolute Gasteiger partial charge is 0.311 e. The lowest BCUT2D eigenvalue weighted by molar-refractivity contribution is 1.14. The fourth-order valence-electron chi connectivity index (χ4n) is 6.28. The van der Waals surface area contributed by atoms with Crippen LogP contribution < -0.4 is 15.3 Å². The first-order chi connectivity index (χ1) is 25.4. The third-order valence-electron chi connectivity index (χ3n) is 9.80. The van der Waals surface area contributed by atoms with Gasteiger partial charge in [0.05, 0.1) is 16.1 Å². The summed E-state index contributed by atoms with van der Waals surface area (Å²) in [5, 5.41) is 2.97. The summed E-state index contributed by atoms with van der Waals surface area (Å²) in [5.41, 5.74) is 11.9. The van der Waals surface area contributed by atoms with Crippen LogP contribution >= 0.6 is 0 Å². The van der Waals surface area contributed by atoms with Crippen LogP contribution in [0.4, 0.5) is 17.1 Å². The molecule has 0 saturated carbocycles. The second-order valence-electron chi connectivity index (χ2n) is 15.9. The van der Waals surface area contributed by atoms with Gasteiger partial charge in [-0.15, -0.1) is 0 Å².